The van der Waals surface area contributed by atoms with Crippen LogP contribution in [-0.4, -0.2) is 72.2 Å². The van der Waals surface area contributed by atoms with Gasteiger partial charge in [0.1, 0.15) is 24.1 Å². The first-order valence-corrected chi connectivity index (χ1v) is 17.2. The van der Waals surface area contributed by atoms with Crippen LogP contribution in [0, 0.1) is 0 Å². The number of hydrogen-bond acceptors (Lipinski definition) is 8. The summed E-state index contributed by atoms with van der Waals surface area (Å²) < 4.78 is 51.6. The molecule has 1 saturated carbocycles. The molecule has 0 spiro atoms. The number of nitrogens with zero attached hydrogens (tertiary/aromatic N) is 2. The molecule has 2 amide bonds. The number of carbonyl (C=O) groups is 2. The molecular formula is C34H42ClN3O8S. The highest BCUT2D eigenvalue weighted by Crippen LogP contribution is 2.38. The summed E-state index contributed by atoms with van der Waals surface area (Å²) in [5.74, 6) is 0.133. The fraction of sp³-hybridized carbons (Fsp3) is 0.412. The van der Waals surface area contributed by atoms with E-state index in [0.29, 0.717) is 28.5 Å². The van der Waals surface area contributed by atoms with Crippen LogP contribution in [0.3, 0.4) is 0 Å². The summed E-state index contributed by atoms with van der Waals surface area (Å²) in [6.07, 6.45) is 4.07. The van der Waals surface area contributed by atoms with Crippen molar-refractivity contribution in [3.63, 3.8) is 0 Å². The third kappa shape index (κ3) is 8.23. The van der Waals surface area contributed by atoms with E-state index in [9.17, 15) is 18.0 Å². The van der Waals surface area contributed by atoms with Crippen LogP contribution in [0.4, 0.5) is 5.69 Å². The SMILES string of the molecule is CC[C@H](C(=O)NC1CCCC1)N(Cc1ccccc1Cl)C(=O)CN(c1cc(OC)ccc1OC)S(=O)(=O)c1ccc(OC)c(OC)c1. The second-order valence-corrected chi connectivity index (χ2v) is 13.4. The van der Waals surface area contributed by atoms with Crippen molar-refractivity contribution < 1.29 is 37.0 Å². The van der Waals surface area contributed by atoms with Gasteiger partial charge in [0.25, 0.3) is 10.0 Å². The Morgan fingerprint density at radius 3 is 2.17 bits per heavy atom. The highest BCUT2D eigenvalue weighted by atomic mass is 35.5. The maximum atomic E-state index is 14.5. The van der Waals surface area contributed by atoms with E-state index in [2.05, 4.69) is 5.32 Å². The molecule has 1 aliphatic carbocycles. The van der Waals surface area contributed by atoms with Gasteiger partial charge < -0.3 is 29.2 Å². The normalized spacial score (nSPS) is 13.8. The predicted molar refractivity (Wildman–Crippen MR) is 180 cm³/mol. The topological polar surface area (TPSA) is 124 Å². The van der Waals surface area contributed by atoms with Gasteiger partial charge in [-0.3, -0.25) is 13.9 Å². The second-order valence-electron chi connectivity index (χ2n) is 11.1. The van der Waals surface area contributed by atoms with Crippen LogP contribution in [-0.2, 0) is 26.2 Å². The van der Waals surface area contributed by atoms with E-state index in [-0.39, 0.29) is 40.6 Å². The molecule has 0 unspecified atom stereocenters. The summed E-state index contributed by atoms with van der Waals surface area (Å²) in [7, 11) is 1.23. The molecule has 1 atom stereocenters. The van der Waals surface area contributed by atoms with Crippen LogP contribution >= 0.6 is 11.6 Å². The Hall–Kier alpha value is -4.16. The van der Waals surface area contributed by atoms with E-state index in [4.69, 9.17) is 30.5 Å². The molecule has 254 valence electrons. The van der Waals surface area contributed by atoms with E-state index in [1.54, 1.807) is 36.4 Å². The molecule has 13 heteroatoms. The molecule has 1 N–H and O–H groups in total. The van der Waals surface area contributed by atoms with Gasteiger partial charge in [-0.05, 0) is 55.2 Å². The standard InChI is InChI=1S/C34H42ClN3O8S/c1-6-28(34(40)36-24-12-8-9-13-24)37(21-23-11-7-10-14-27(23)35)33(39)22-38(29-19-25(43-2)15-17-30(29)44-3)47(41,42)26-16-18-31(45-4)32(20-26)46-5/h7,10-11,14-20,24,28H,6,8-9,12-13,21-22H2,1-5H3,(H,36,40)/t28-/m1/s1. The van der Waals surface area contributed by atoms with E-state index < -0.39 is 28.5 Å². The highest BCUT2D eigenvalue weighted by Gasteiger charge is 2.36. The Labute approximate surface area is 281 Å². The molecule has 0 bridgehead atoms. The van der Waals surface area contributed by atoms with Crippen LogP contribution in [0.5, 0.6) is 23.0 Å². The third-order valence-electron chi connectivity index (χ3n) is 8.26. The van der Waals surface area contributed by atoms with Crippen molar-refractivity contribution in [1.82, 2.24) is 10.2 Å². The molecule has 3 aromatic rings. The first kappa shape index (κ1) is 35.7. The number of rotatable bonds is 15. The summed E-state index contributed by atoms with van der Waals surface area (Å²) in [6.45, 7) is 1.13. The van der Waals surface area contributed by atoms with Crippen molar-refractivity contribution in [2.75, 3.05) is 39.3 Å². The lowest BCUT2D eigenvalue weighted by Crippen LogP contribution is -2.53. The van der Waals surface area contributed by atoms with Gasteiger partial charge in [0.2, 0.25) is 11.8 Å². The molecule has 1 aliphatic rings. The maximum absolute atomic E-state index is 14.5. The zero-order valence-electron chi connectivity index (χ0n) is 27.3. The van der Waals surface area contributed by atoms with Crippen LogP contribution in [0.1, 0.15) is 44.6 Å². The minimum atomic E-state index is -4.46. The van der Waals surface area contributed by atoms with Crippen molar-refractivity contribution in [3.8, 4) is 23.0 Å². The zero-order chi connectivity index (χ0) is 34.1. The Bertz CT molecular complexity index is 1660. The van der Waals surface area contributed by atoms with E-state index in [1.807, 2.05) is 6.92 Å². The molecule has 4 rings (SSSR count). The number of hydrogen-bond donors (Lipinski definition) is 1. The van der Waals surface area contributed by atoms with Crippen molar-refractivity contribution in [1.29, 1.82) is 0 Å². The number of benzene rings is 3. The minimum Gasteiger partial charge on any atom is -0.497 e. The molecule has 0 saturated heterocycles. The molecule has 11 nitrogen and oxygen atoms in total. The first-order chi connectivity index (χ1) is 22.6. The average Bonchev–Trinajstić information content (AvgIpc) is 3.60. The van der Waals surface area contributed by atoms with E-state index >= 15 is 0 Å². The van der Waals surface area contributed by atoms with Crippen molar-refractivity contribution in [3.05, 3.63) is 71.2 Å². The summed E-state index contributed by atoms with van der Waals surface area (Å²) in [5.41, 5.74) is 0.680. The lowest BCUT2D eigenvalue weighted by Gasteiger charge is -2.34. The molecule has 47 heavy (non-hydrogen) atoms. The molecule has 0 aliphatic heterocycles. The lowest BCUT2D eigenvalue weighted by molar-refractivity contribution is -0.140. The number of carbonyl (C=O) groups excluding carboxylic acids is 2. The van der Waals surface area contributed by atoms with Gasteiger partial charge in [0.05, 0.1) is 39.0 Å². The van der Waals surface area contributed by atoms with Gasteiger partial charge >= 0.3 is 0 Å². The minimum absolute atomic E-state index is 0.0193. The number of nitrogens with one attached hydrogen (secondary N) is 1. The second kappa shape index (κ2) is 16.1. The molecule has 3 aromatic carbocycles. The van der Waals surface area contributed by atoms with Gasteiger partial charge in [-0.1, -0.05) is 49.6 Å². The lowest BCUT2D eigenvalue weighted by atomic mass is 10.1. The molecule has 0 heterocycles. The number of halogens is 1. The number of methoxy groups -OCH3 is 4. The van der Waals surface area contributed by atoms with E-state index in [0.717, 1.165) is 30.0 Å². The predicted octanol–water partition coefficient (Wildman–Crippen LogP) is 5.44. The number of sulfonamides is 1. The number of amides is 2. The molecular weight excluding hydrogens is 646 g/mol. The fourth-order valence-corrected chi connectivity index (χ4v) is 7.33. The number of anilines is 1. The quantitative estimate of drug-likeness (QED) is 0.224. The highest BCUT2D eigenvalue weighted by molar-refractivity contribution is 7.92. The molecule has 1 fully saturated rings. The summed E-state index contributed by atoms with van der Waals surface area (Å²) >= 11 is 6.52. The summed E-state index contributed by atoms with van der Waals surface area (Å²) in [6, 6.07) is 15.0. The van der Waals surface area contributed by atoms with Crippen molar-refractivity contribution in [2.45, 2.75) is 62.6 Å². The van der Waals surface area contributed by atoms with Crippen molar-refractivity contribution >= 4 is 39.1 Å². The Morgan fingerprint density at radius 1 is 0.894 bits per heavy atom. The van der Waals surface area contributed by atoms with Gasteiger partial charge in [0, 0.05) is 29.7 Å². The first-order valence-electron chi connectivity index (χ1n) is 15.4. The average molecular weight is 688 g/mol. The zero-order valence-corrected chi connectivity index (χ0v) is 28.9. The smallest absolute Gasteiger partial charge is 0.265 e. The van der Waals surface area contributed by atoms with Gasteiger partial charge in [-0.15, -0.1) is 0 Å². The monoisotopic (exact) mass is 687 g/mol. The fourth-order valence-electron chi connectivity index (χ4n) is 5.71. The maximum Gasteiger partial charge on any atom is 0.265 e. The van der Waals surface area contributed by atoms with Gasteiger partial charge in [-0.2, -0.15) is 0 Å². The molecule has 0 aromatic heterocycles. The van der Waals surface area contributed by atoms with Crippen LogP contribution < -0.4 is 28.6 Å². The summed E-state index contributed by atoms with van der Waals surface area (Å²) in [5, 5.41) is 3.52. The largest absolute Gasteiger partial charge is 0.497 e. The molecule has 0 radical (unpaired) electrons. The van der Waals surface area contributed by atoms with Gasteiger partial charge in [-0.25, -0.2) is 8.42 Å². The number of ether oxygens (including phenoxy) is 4. The van der Waals surface area contributed by atoms with Crippen molar-refractivity contribution in [2.24, 2.45) is 0 Å². The Kier molecular flexibility index (Phi) is 12.2. The van der Waals surface area contributed by atoms with Gasteiger partial charge in [0.15, 0.2) is 11.5 Å². The van der Waals surface area contributed by atoms with Crippen LogP contribution in [0.15, 0.2) is 65.6 Å². The Morgan fingerprint density at radius 2 is 1.55 bits per heavy atom. The Balaban J connectivity index is 1.83. The van der Waals surface area contributed by atoms with E-state index in [1.165, 1.54) is 57.6 Å². The summed E-state index contributed by atoms with van der Waals surface area (Å²) in [4.78, 5) is 29.5. The van der Waals surface area contributed by atoms with Crippen LogP contribution in [0.25, 0.3) is 0 Å². The third-order valence-corrected chi connectivity index (χ3v) is 10.4. The van der Waals surface area contributed by atoms with Crippen LogP contribution in [0.2, 0.25) is 5.02 Å².